The van der Waals surface area contributed by atoms with Crippen LogP contribution in [0.4, 0.5) is 8.78 Å². The van der Waals surface area contributed by atoms with Gasteiger partial charge in [0.25, 0.3) is 11.5 Å². The predicted molar refractivity (Wildman–Crippen MR) is 112 cm³/mol. The lowest BCUT2D eigenvalue weighted by Crippen LogP contribution is -2.43. The molecule has 0 bridgehead atoms. The van der Waals surface area contributed by atoms with Crippen molar-refractivity contribution in [1.29, 1.82) is 0 Å². The first kappa shape index (κ1) is 19.1. The fourth-order valence-corrected chi connectivity index (χ4v) is 5.23. The number of alkyl halides is 2. The Hall–Kier alpha value is -2.84. The Bertz CT molecular complexity index is 1270. The van der Waals surface area contributed by atoms with Gasteiger partial charge in [0.15, 0.2) is 0 Å². The maximum absolute atomic E-state index is 14.8. The maximum Gasteiger partial charge on any atom is 0.266 e. The molecule has 4 aromatic rings. The van der Waals surface area contributed by atoms with Gasteiger partial charge in [-0.2, -0.15) is 5.10 Å². The van der Waals surface area contributed by atoms with E-state index in [0.717, 1.165) is 16.0 Å². The van der Waals surface area contributed by atoms with Crippen LogP contribution in [-0.2, 0) is 23.4 Å². The molecule has 1 atom stereocenters. The van der Waals surface area contributed by atoms with Crippen LogP contribution in [0.15, 0.2) is 53.6 Å². The maximum atomic E-state index is 14.8. The van der Waals surface area contributed by atoms with Gasteiger partial charge in [0.1, 0.15) is 10.3 Å². The summed E-state index contributed by atoms with van der Waals surface area (Å²) in [6.07, 6.45) is 2.45. The summed E-state index contributed by atoms with van der Waals surface area (Å²) in [7, 11) is 0. The van der Waals surface area contributed by atoms with Crippen molar-refractivity contribution in [2.75, 3.05) is 0 Å². The molecule has 0 aliphatic heterocycles. The summed E-state index contributed by atoms with van der Waals surface area (Å²) in [5.74, 6) is -2.94. The number of hydrogen-bond donors (Lipinski definition) is 2. The van der Waals surface area contributed by atoms with Gasteiger partial charge in [0.05, 0.1) is 18.5 Å². The molecule has 1 aliphatic rings. The molecular formula is C22H19F2N3O2S. The highest BCUT2D eigenvalue weighted by atomic mass is 32.1. The Morgan fingerprint density at radius 1 is 1.27 bits per heavy atom. The first-order chi connectivity index (χ1) is 14.3. The van der Waals surface area contributed by atoms with Gasteiger partial charge in [-0.3, -0.25) is 9.89 Å². The molecule has 2 N–H and O–H groups in total. The molecule has 0 spiro atoms. The van der Waals surface area contributed by atoms with E-state index in [0.29, 0.717) is 21.3 Å². The third-order valence-corrected chi connectivity index (χ3v) is 6.73. The molecular weight excluding hydrogens is 408 g/mol. The normalized spacial score (nSPS) is 20.4. The van der Waals surface area contributed by atoms with E-state index in [2.05, 4.69) is 15.2 Å². The Balaban J connectivity index is 1.63. The summed E-state index contributed by atoms with van der Waals surface area (Å²) in [4.78, 5) is 16.5. The van der Waals surface area contributed by atoms with Crippen molar-refractivity contribution in [2.24, 2.45) is 0 Å². The van der Waals surface area contributed by atoms with E-state index < -0.39 is 24.4 Å². The number of thiophene rings is 1. The van der Waals surface area contributed by atoms with Crippen LogP contribution in [0.3, 0.4) is 0 Å². The van der Waals surface area contributed by atoms with Crippen molar-refractivity contribution in [3.05, 3.63) is 76.0 Å². The third kappa shape index (κ3) is 3.26. The number of halogens is 2. The summed E-state index contributed by atoms with van der Waals surface area (Å²) in [5.41, 5.74) is 0.993. The lowest BCUT2D eigenvalue weighted by atomic mass is 9.80. The molecule has 1 aromatic carbocycles. The first-order valence-corrected chi connectivity index (χ1v) is 10.4. The number of aromatic nitrogens is 3. The molecule has 0 fully saturated rings. The van der Waals surface area contributed by atoms with E-state index in [1.54, 1.807) is 25.4 Å². The quantitative estimate of drug-likeness (QED) is 0.482. The second-order valence-corrected chi connectivity index (χ2v) is 8.91. The zero-order valence-electron chi connectivity index (χ0n) is 16.2. The van der Waals surface area contributed by atoms with Crippen LogP contribution in [0, 0.1) is 0 Å². The van der Waals surface area contributed by atoms with Crippen LogP contribution in [0.25, 0.3) is 20.5 Å². The topological polar surface area (TPSA) is 70.8 Å². The number of hydrogen-bond acceptors (Lipinski definition) is 4. The summed E-state index contributed by atoms with van der Waals surface area (Å²) in [5, 5.41) is 7.23. The molecule has 1 aliphatic carbocycles. The number of pyridine rings is 1. The monoisotopic (exact) mass is 427 g/mol. The van der Waals surface area contributed by atoms with E-state index in [4.69, 9.17) is 4.74 Å². The summed E-state index contributed by atoms with van der Waals surface area (Å²) in [6.45, 7) is 1.81. The highest BCUT2D eigenvalue weighted by molar-refractivity contribution is 7.22. The number of H-pyrrole nitrogens is 2. The van der Waals surface area contributed by atoms with E-state index in [9.17, 15) is 13.6 Å². The van der Waals surface area contributed by atoms with Crippen LogP contribution in [0.5, 0.6) is 0 Å². The summed E-state index contributed by atoms with van der Waals surface area (Å²) < 4.78 is 36.1. The van der Waals surface area contributed by atoms with Gasteiger partial charge in [-0.15, -0.1) is 11.3 Å². The predicted octanol–water partition coefficient (Wildman–Crippen LogP) is 4.99. The second kappa shape index (κ2) is 6.85. The van der Waals surface area contributed by atoms with Crippen LogP contribution >= 0.6 is 11.3 Å². The van der Waals surface area contributed by atoms with Crippen LogP contribution in [0.2, 0.25) is 0 Å². The average Bonchev–Trinajstić information content (AvgIpc) is 3.38. The Morgan fingerprint density at radius 3 is 2.80 bits per heavy atom. The fraction of sp³-hybridized carbons (Fsp3) is 0.273. The molecule has 3 aromatic heterocycles. The minimum absolute atomic E-state index is 0.177. The second-order valence-electron chi connectivity index (χ2n) is 7.86. The molecule has 3 heterocycles. The third-order valence-electron chi connectivity index (χ3n) is 5.55. The van der Waals surface area contributed by atoms with Crippen molar-refractivity contribution in [2.45, 2.75) is 37.9 Å². The van der Waals surface area contributed by atoms with Gasteiger partial charge in [0, 0.05) is 34.9 Å². The minimum atomic E-state index is -2.94. The lowest BCUT2D eigenvalue weighted by molar-refractivity contribution is -0.136. The number of benzene rings is 1. The zero-order valence-corrected chi connectivity index (χ0v) is 17.0. The first-order valence-electron chi connectivity index (χ1n) is 9.59. The largest absolute Gasteiger partial charge is 0.364 e. The summed E-state index contributed by atoms with van der Waals surface area (Å²) in [6, 6.07) is 11.2. The van der Waals surface area contributed by atoms with Crippen LogP contribution < -0.4 is 5.56 Å². The average molecular weight is 427 g/mol. The number of nitrogens with zero attached hydrogens (tertiary/aromatic N) is 1. The fourth-order valence-electron chi connectivity index (χ4n) is 4.17. The van der Waals surface area contributed by atoms with Crippen molar-refractivity contribution in [1.82, 2.24) is 15.2 Å². The lowest BCUT2D eigenvalue weighted by Gasteiger charge is -2.39. The molecule has 1 unspecified atom stereocenters. The van der Waals surface area contributed by atoms with Crippen molar-refractivity contribution in [3.8, 4) is 10.4 Å². The van der Waals surface area contributed by atoms with Crippen molar-refractivity contribution in [3.63, 3.8) is 0 Å². The van der Waals surface area contributed by atoms with Gasteiger partial charge in [-0.05, 0) is 24.1 Å². The van der Waals surface area contributed by atoms with Gasteiger partial charge in [0.2, 0.25) is 0 Å². The zero-order chi connectivity index (χ0) is 20.9. The molecule has 0 saturated carbocycles. The Labute approximate surface area is 174 Å². The number of fused-ring (bicyclic) bond motifs is 3. The molecule has 0 saturated heterocycles. The highest BCUT2D eigenvalue weighted by Gasteiger charge is 2.49. The minimum Gasteiger partial charge on any atom is -0.364 e. The molecule has 30 heavy (non-hydrogen) atoms. The van der Waals surface area contributed by atoms with Crippen LogP contribution in [-0.4, -0.2) is 21.1 Å². The van der Waals surface area contributed by atoms with Crippen molar-refractivity contribution < 1.29 is 13.5 Å². The Morgan fingerprint density at radius 2 is 2.07 bits per heavy atom. The molecule has 5 nitrogen and oxygen atoms in total. The number of nitrogens with one attached hydrogen (secondary N) is 2. The van der Waals surface area contributed by atoms with E-state index in [-0.39, 0.29) is 12.2 Å². The number of aromatic amines is 2. The SMILES string of the molecule is CC1(OCc2ccccc2)CC(F)(F)Cc2c1[nH]c(=O)c1sc(-c3cn[nH]c3)cc21. The molecule has 5 rings (SSSR count). The highest BCUT2D eigenvalue weighted by Crippen LogP contribution is 2.47. The smallest absolute Gasteiger partial charge is 0.266 e. The van der Waals surface area contributed by atoms with E-state index in [1.165, 1.54) is 11.3 Å². The van der Waals surface area contributed by atoms with E-state index >= 15 is 0 Å². The number of rotatable bonds is 4. The van der Waals surface area contributed by atoms with E-state index in [1.807, 2.05) is 30.3 Å². The molecule has 0 amide bonds. The van der Waals surface area contributed by atoms with Crippen LogP contribution in [0.1, 0.15) is 30.2 Å². The molecule has 8 heteroatoms. The Kier molecular flexibility index (Phi) is 4.37. The standard InChI is InChI=1S/C22H19F2N3O2S/c1-21(29-11-13-5-3-2-4-6-13)12-22(23,24)8-16-15-7-17(14-9-25-26-10-14)30-18(15)20(28)27-19(16)21/h2-7,9-10H,8,11-12H2,1H3,(H,25,26)(H,27,28). The molecule has 0 radical (unpaired) electrons. The van der Waals surface area contributed by atoms with Gasteiger partial charge >= 0.3 is 0 Å². The van der Waals surface area contributed by atoms with Gasteiger partial charge in [-0.25, -0.2) is 8.78 Å². The van der Waals surface area contributed by atoms with Crippen molar-refractivity contribution >= 4 is 21.4 Å². The summed E-state index contributed by atoms with van der Waals surface area (Å²) >= 11 is 1.28. The molecule has 154 valence electrons. The van der Waals surface area contributed by atoms with Gasteiger partial charge in [-0.1, -0.05) is 30.3 Å². The number of ether oxygens (including phenoxy) is 1. The van der Waals surface area contributed by atoms with Gasteiger partial charge < -0.3 is 9.72 Å².